The summed E-state index contributed by atoms with van der Waals surface area (Å²) in [7, 11) is 0. The summed E-state index contributed by atoms with van der Waals surface area (Å²) in [5, 5.41) is 11.5. The first-order valence-corrected chi connectivity index (χ1v) is 6.23. The molecule has 0 aliphatic rings. The maximum Gasteiger partial charge on any atom is 0.332 e. The highest BCUT2D eigenvalue weighted by molar-refractivity contribution is 5.97. The summed E-state index contributed by atoms with van der Waals surface area (Å²) in [4.78, 5) is 29.8. The maximum atomic E-state index is 12.2. The normalized spacial score (nSPS) is 11.4. The first-order chi connectivity index (χ1) is 10.1. The lowest BCUT2D eigenvalue weighted by Crippen LogP contribution is -2.16. The van der Waals surface area contributed by atoms with Crippen molar-refractivity contribution in [3.05, 3.63) is 63.1 Å². The van der Waals surface area contributed by atoms with E-state index in [1.165, 1.54) is 22.6 Å². The molecule has 2 aromatic heterocycles. The van der Waals surface area contributed by atoms with Crippen molar-refractivity contribution in [1.29, 1.82) is 0 Å². The first-order valence-electron chi connectivity index (χ1n) is 6.23. The summed E-state index contributed by atoms with van der Waals surface area (Å²) < 4.78 is 1.43. The zero-order valence-electron chi connectivity index (χ0n) is 10.6. The van der Waals surface area contributed by atoms with E-state index in [2.05, 4.69) is 9.97 Å². The van der Waals surface area contributed by atoms with Crippen molar-refractivity contribution in [2.45, 2.75) is 0 Å². The number of aromatic nitrogens is 3. The minimum Gasteiger partial charge on any atom is -0.306 e. The third kappa shape index (κ3) is 1.54. The van der Waals surface area contributed by atoms with Gasteiger partial charge in [0.1, 0.15) is 0 Å². The molecule has 0 atom stereocenters. The molecule has 1 N–H and O–H groups in total. The highest BCUT2D eigenvalue weighted by atomic mass is 16.6. The predicted molar refractivity (Wildman–Crippen MR) is 77.5 cm³/mol. The summed E-state index contributed by atoms with van der Waals surface area (Å²) in [6.07, 6.45) is 0. The molecule has 0 saturated carbocycles. The van der Waals surface area contributed by atoms with Crippen molar-refractivity contribution in [2.75, 3.05) is 0 Å². The maximum absolute atomic E-state index is 12.2. The third-order valence-electron chi connectivity index (χ3n) is 3.46. The van der Waals surface area contributed by atoms with Crippen LogP contribution in [0.4, 0.5) is 5.69 Å². The molecule has 4 rings (SSSR count). The van der Waals surface area contributed by atoms with Gasteiger partial charge in [-0.05, 0) is 18.2 Å². The lowest BCUT2D eigenvalue weighted by atomic mass is 10.2. The number of nitrogens with one attached hydrogen (secondary N) is 1. The molecule has 0 amide bonds. The van der Waals surface area contributed by atoms with Crippen LogP contribution in [-0.2, 0) is 0 Å². The molecule has 0 fully saturated rings. The number of non-ortho nitro benzene ring substituents is 1. The second kappa shape index (κ2) is 3.89. The van der Waals surface area contributed by atoms with Crippen LogP contribution in [0.15, 0.2) is 47.3 Å². The van der Waals surface area contributed by atoms with Gasteiger partial charge in [-0.25, -0.2) is 14.2 Å². The van der Waals surface area contributed by atoms with Crippen LogP contribution in [-0.4, -0.2) is 19.3 Å². The molecule has 0 bridgehead atoms. The average molecular weight is 280 g/mol. The summed E-state index contributed by atoms with van der Waals surface area (Å²) in [5.41, 5.74) is 1.92. The number of nitrogens with zero attached hydrogens (tertiary/aromatic N) is 3. The lowest BCUT2D eigenvalue weighted by Gasteiger charge is -2.01. The van der Waals surface area contributed by atoms with Crippen molar-refractivity contribution in [2.24, 2.45) is 0 Å². The van der Waals surface area contributed by atoms with Crippen LogP contribution in [0.1, 0.15) is 0 Å². The lowest BCUT2D eigenvalue weighted by molar-refractivity contribution is -0.384. The predicted octanol–water partition coefficient (Wildman–Crippen LogP) is 2.24. The monoisotopic (exact) mass is 280 g/mol. The number of rotatable bonds is 1. The molecule has 0 radical (unpaired) electrons. The van der Waals surface area contributed by atoms with E-state index in [0.717, 1.165) is 0 Å². The molecule has 102 valence electrons. The summed E-state index contributed by atoms with van der Waals surface area (Å²) in [5.74, 6) is 0. The van der Waals surface area contributed by atoms with E-state index in [9.17, 15) is 14.9 Å². The van der Waals surface area contributed by atoms with Crippen molar-refractivity contribution in [3.8, 4) is 0 Å². The molecule has 0 saturated heterocycles. The van der Waals surface area contributed by atoms with Crippen molar-refractivity contribution >= 4 is 33.3 Å². The molecule has 7 heteroatoms. The van der Waals surface area contributed by atoms with Gasteiger partial charge in [-0.15, -0.1) is 0 Å². The zero-order valence-corrected chi connectivity index (χ0v) is 10.6. The molecular formula is C14H8N4O3. The largest absolute Gasteiger partial charge is 0.332 e. The highest BCUT2D eigenvalue weighted by Crippen LogP contribution is 2.24. The highest BCUT2D eigenvalue weighted by Gasteiger charge is 2.14. The van der Waals surface area contributed by atoms with E-state index in [1.54, 1.807) is 12.1 Å². The summed E-state index contributed by atoms with van der Waals surface area (Å²) in [6, 6.07) is 11.5. The number of hydrogen-bond donors (Lipinski definition) is 1. The van der Waals surface area contributed by atoms with Gasteiger partial charge in [-0.1, -0.05) is 12.1 Å². The first kappa shape index (κ1) is 11.6. The minimum atomic E-state index is -0.469. The molecule has 4 aromatic rings. The number of para-hydroxylation sites is 2. The topological polar surface area (TPSA) is 93.3 Å². The number of H-pyrrole nitrogens is 1. The van der Waals surface area contributed by atoms with E-state index < -0.39 is 4.92 Å². The minimum absolute atomic E-state index is 0.0384. The Morgan fingerprint density at radius 3 is 2.81 bits per heavy atom. The Morgan fingerprint density at radius 2 is 2.00 bits per heavy atom. The van der Waals surface area contributed by atoms with Gasteiger partial charge in [0.25, 0.3) is 5.69 Å². The molecule has 7 nitrogen and oxygen atoms in total. The van der Waals surface area contributed by atoms with Crippen LogP contribution in [0, 0.1) is 10.1 Å². The fourth-order valence-electron chi connectivity index (χ4n) is 2.52. The Labute approximate surface area is 116 Å². The zero-order chi connectivity index (χ0) is 14.6. The summed E-state index contributed by atoms with van der Waals surface area (Å²) >= 11 is 0. The fraction of sp³-hybridized carbons (Fsp3) is 0. The van der Waals surface area contributed by atoms with Crippen LogP contribution in [0.3, 0.4) is 0 Å². The van der Waals surface area contributed by atoms with Crippen LogP contribution in [0.25, 0.3) is 27.6 Å². The molecule has 21 heavy (non-hydrogen) atoms. The van der Waals surface area contributed by atoms with E-state index in [4.69, 9.17) is 0 Å². The second-order valence-corrected chi connectivity index (χ2v) is 4.68. The number of fused-ring (bicyclic) bond motifs is 5. The van der Waals surface area contributed by atoms with Gasteiger partial charge >= 0.3 is 5.69 Å². The fourth-order valence-corrected chi connectivity index (χ4v) is 2.52. The van der Waals surface area contributed by atoms with Gasteiger partial charge in [-0.3, -0.25) is 10.1 Å². The van der Waals surface area contributed by atoms with Crippen molar-refractivity contribution in [3.63, 3.8) is 0 Å². The van der Waals surface area contributed by atoms with Crippen LogP contribution in [0.5, 0.6) is 0 Å². The Balaban J connectivity index is 2.28. The van der Waals surface area contributed by atoms with Gasteiger partial charge < -0.3 is 4.98 Å². The van der Waals surface area contributed by atoms with Crippen molar-refractivity contribution < 1.29 is 4.92 Å². The molecule has 2 aromatic carbocycles. The average Bonchev–Trinajstić information content (AvgIpc) is 2.87. The summed E-state index contributed by atoms with van der Waals surface area (Å²) in [6.45, 7) is 0. The van der Waals surface area contributed by atoms with E-state index >= 15 is 0 Å². The van der Waals surface area contributed by atoms with Gasteiger partial charge in [-0.2, -0.15) is 0 Å². The van der Waals surface area contributed by atoms with Crippen LogP contribution < -0.4 is 5.69 Å². The van der Waals surface area contributed by atoms with Crippen molar-refractivity contribution in [1.82, 2.24) is 14.4 Å². The van der Waals surface area contributed by atoms with Crippen LogP contribution >= 0.6 is 0 Å². The third-order valence-corrected chi connectivity index (χ3v) is 3.46. The molecule has 2 heterocycles. The Morgan fingerprint density at radius 1 is 1.19 bits per heavy atom. The van der Waals surface area contributed by atoms with E-state index in [0.29, 0.717) is 27.6 Å². The van der Waals surface area contributed by atoms with E-state index in [1.807, 2.05) is 12.1 Å². The van der Waals surface area contributed by atoms with Crippen LogP contribution in [0.2, 0.25) is 0 Å². The van der Waals surface area contributed by atoms with Gasteiger partial charge in [0.2, 0.25) is 0 Å². The smallest absolute Gasteiger partial charge is 0.306 e. The molecule has 0 aliphatic carbocycles. The molecule has 0 aliphatic heterocycles. The quantitative estimate of drug-likeness (QED) is 0.427. The number of nitro benzene ring substituents is 1. The molecule has 0 unspecified atom stereocenters. The number of imidazole rings is 1. The molecule has 0 spiro atoms. The van der Waals surface area contributed by atoms with E-state index in [-0.39, 0.29) is 11.4 Å². The second-order valence-electron chi connectivity index (χ2n) is 4.68. The van der Waals surface area contributed by atoms with Gasteiger partial charge in [0, 0.05) is 17.5 Å². The number of hydrogen-bond acceptors (Lipinski definition) is 4. The SMILES string of the molecule is O=c1[nH]c2ccc([N+](=O)[O-])cc2c2nc3ccccc3n12. The number of aromatic amines is 1. The Kier molecular flexibility index (Phi) is 2.15. The van der Waals surface area contributed by atoms with Gasteiger partial charge in [0.05, 0.1) is 21.5 Å². The standard InChI is InChI=1S/C14H8N4O3/c19-14-16-10-6-5-8(18(20)21)7-9(10)13-15-11-3-1-2-4-12(11)17(13)14/h1-7H,(H,16,19). The Hall–Kier alpha value is -3.22. The number of benzene rings is 2. The number of nitro groups is 1. The van der Waals surface area contributed by atoms with Gasteiger partial charge in [0.15, 0.2) is 5.65 Å². The Bertz CT molecular complexity index is 1090. The molecular weight excluding hydrogens is 272 g/mol.